The molecule has 0 aromatic carbocycles. The Balaban J connectivity index is 1.52. The maximum Gasteiger partial charge on any atom is 0.227 e. The minimum atomic E-state index is 0.0686. The smallest absolute Gasteiger partial charge is 0.227 e. The zero-order chi connectivity index (χ0) is 14.8. The Bertz CT molecular complexity index is 359. The van der Waals surface area contributed by atoms with Crippen LogP contribution in [-0.4, -0.2) is 54.0 Å². The summed E-state index contributed by atoms with van der Waals surface area (Å²) in [5.41, 5.74) is 6.30. The minimum Gasteiger partial charge on any atom is -0.340 e. The Hall–Kier alpha value is -0.610. The SMILES string of the molecule is CC1CCCC(C(=O)N2CCN(C3CCCC3)CC2)C1N. The van der Waals surface area contributed by atoms with Crippen LogP contribution < -0.4 is 5.73 Å². The summed E-state index contributed by atoms with van der Waals surface area (Å²) < 4.78 is 0. The zero-order valence-electron chi connectivity index (χ0n) is 13.5. The summed E-state index contributed by atoms with van der Waals surface area (Å²) in [4.78, 5) is 17.5. The van der Waals surface area contributed by atoms with Crippen LogP contribution in [0.3, 0.4) is 0 Å². The zero-order valence-corrected chi connectivity index (χ0v) is 13.5. The van der Waals surface area contributed by atoms with Crippen molar-refractivity contribution in [3.8, 4) is 0 Å². The van der Waals surface area contributed by atoms with Crippen LogP contribution in [0.4, 0.5) is 0 Å². The van der Waals surface area contributed by atoms with Crippen LogP contribution in [-0.2, 0) is 4.79 Å². The van der Waals surface area contributed by atoms with Crippen molar-refractivity contribution >= 4 is 5.91 Å². The maximum absolute atomic E-state index is 12.8. The van der Waals surface area contributed by atoms with Crippen LogP contribution in [0.2, 0.25) is 0 Å². The van der Waals surface area contributed by atoms with Crippen molar-refractivity contribution in [2.24, 2.45) is 17.6 Å². The molecule has 3 rings (SSSR count). The number of piperazine rings is 1. The molecule has 3 aliphatic rings. The van der Waals surface area contributed by atoms with Crippen LogP contribution in [0, 0.1) is 11.8 Å². The minimum absolute atomic E-state index is 0.0686. The highest BCUT2D eigenvalue weighted by molar-refractivity contribution is 5.79. The van der Waals surface area contributed by atoms with Gasteiger partial charge in [0.2, 0.25) is 5.91 Å². The predicted octanol–water partition coefficient (Wildman–Crippen LogP) is 1.84. The highest BCUT2D eigenvalue weighted by Crippen LogP contribution is 2.30. The van der Waals surface area contributed by atoms with E-state index in [1.165, 1.54) is 32.1 Å². The van der Waals surface area contributed by atoms with Crippen molar-refractivity contribution in [3.05, 3.63) is 0 Å². The number of hydrogen-bond acceptors (Lipinski definition) is 3. The largest absolute Gasteiger partial charge is 0.340 e. The second-order valence-electron chi connectivity index (χ2n) is 7.39. The number of nitrogens with two attached hydrogens (primary N) is 1. The molecule has 0 bridgehead atoms. The van der Waals surface area contributed by atoms with Gasteiger partial charge in [0, 0.05) is 38.3 Å². The van der Waals surface area contributed by atoms with Crippen LogP contribution in [0.15, 0.2) is 0 Å². The van der Waals surface area contributed by atoms with Gasteiger partial charge in [-0.25, -0.2) is 0 Å². The summed E-state index contributed by atoms with van der Waals surface area (Å²) in [5.74, 6) is 0.902. The fourth-order valence-corrected chi connectivity index (χ4v) is 4.54. The van der Waals surface area contributed by atoms with Gasteiger partial charge in [0.05, 0.1) is 5.92 Å². The number of carbonyl (C=O) groups is 1. The fourth-order valence-electron chi connectivity index (χ4n) is 4.54. The summed E-state index contributed by atoms with van der Waals surface area (Å²) in [6.07, 6.45) is 8.83. The normalized spacial score (nSPS) is 36.1. The third-order valence-electron chi connectivity index (χ3n) is 6.08. The summed E-state index contributed by atoms with van der Waals surface area (Å²) in [5, 5.41) is 0. The highest BCUT2D eigenvalue weighted by atomic mass is 16.2. The monoisotopic (exact) mass is 293 g/mol. The van der Waals surface area contributed by atoms with Gasteiger partial charge in [0.15, 0.2) is 0 Å². The number of nitrogens with zero attached hydrogens (tertiary/aromatic N) is 2. The van der Waals surface area contributed by atoms with Gasteiger partial charge < -0.3 is 10.6 Å². The summed E-state index contributed by atoms with van der Waals surface area (Å²) >= 11 is 0. The van der Waals surface area contributed by atoms with E-state index in [2.05, 4.69) is 16.7 Å². The molecule has 2 N–H and O–H groups in total. The van der Waals surface area contributed by atoms with Gasteiger partial charge in [0.25, 0.3) is 0 Å². The second-order valence-corrected chi connectivity index (χ2v) is 7.39. The molecule has 3 fully saturated rings. The van der Waals surface area contributed by atoms with Gasteiger partial charge in [-0.1, -0.05) is 26.2 Å². The molecule has 2 saturated carbocycles. The second kappa shape index (κ2) is 6.66. The number of rotatable bonds is 2. The first kappa shape index (κ1) is 15.3. The van der Waals surface area contributed by atoms with Crippen molar-refractivity contribution < 1.29 is 4.79 Å². The first-order valence-electron chi connectivity index (χ1n) is 8.95. The highest BCUT2D eigenvalue weighted by Gasteiger charge is 2.36. The topological polar surface area (TPSA) is 49.6 Å². The number of hydrogen-bond donors (Lipinski definition) is 1. The Morgan fingerprint density at radius 1 is 0.952 bits per heavy atom. The quantitative estimate of drug-likeness (QED) is 0.845. The van der Waals surface area contributed by atoms with E-state index in [9.17, 15) is 4.79 Å². The lowest BCUT2D eigenvalue weighted by molar-refractivity contribution is -0.139. The van der Waals surface area contributed by atoms with E-state index >= 15 is 0 Å². The molecule has 0 radical (unpaired) electrons. The molecule has 1 saturated heterocycles. The molecule has 4 heteroatoms. The summed E-state index contributed by atoms with van der Waals surface area (Å²) in [6, 6.07) is 0.860. The Labute approximate surface area is 129 Å². The lowest BCUT2D eigenvalue weighted by Crippen LogP contribution is -2.55. The van der Waals surface area contributed by atoms with Crippen molar-refractivity contribution in [1.29, 1.82) is 0 Å². The number of carbonyl (C=O) groups excluding carboxylic acids is 1. The van der Waals surface area contributed by atoms with Crippen molar-refractivity contribution in [2.75, 3.05) is 26.2 Å². The van der Waals surface area contributed by atoms with Crippen LogP contribution in [0.5, 0.6) is 0 Å². The molecule has 120 valence electrons. The number of amides is 1. The molecule has 4 nitrogen and oxygen atoms in total. The molecule has 1 aliphatic heterocycles. The third kappa shape index (κ3) is 3.26. The van der Waals surface area contributed by atoms with Gasteiger partial charge in [-0.05, 0) is 31.6 Å². The standard InChI is InChI=1S/C17H31N3O/c1-13-5-4-8-15(16(13)18)17(21)20-11-9-19(10-12-20)14-6-2-3-7-14/h13-16H,2-12,18H2,1H3. The first-order chi connectivity index (χ1) is 10.2. The van der Waals surface area contributed by atoms with E-state index in [1.807, 2.05) is 0 Å². The van der Waals surface area contributed by atoms with Gasteiger partial charge in [-0.3, -0.25) is 9.69 Å². The molecule has 1 amide bonds. The predicted molar refractivity (Wildman–Crippen MR) is 84.9 cm³/mol. The van der Waals surface area contributed by atoms with E-state index in [-0.39, 0.29) is 12.0 Å². The molecule has 21 heavy (non-hydrogen) atoms. The third-order valence-corrected chi connectivity index (χ3v) is 6.08. The van der Waals surface area contributed by atoms with Crippen molar-refractivity contribution in [2.45, 2.75) is 64.0 Å². The summed E-state index contributed by atoms with van der Waals surface area (Å²) in [7, 11) is 0. The molecule has 0 spiro atoms. The molecule has 2 aliphatic carbocycles. The van der Waals surface area contributed by atoms with Crippen molar-refractivity contribution in [1.82, 2.24) is 9.80 Å². The average Bonchev–Trinajstić information content (AvgIpc) is 3.04. The van der Waals surface area contributed by atoms with Gasteiger partial charge in [-0.15, -0.1) is 0 Å². The fraction of sp³-hybridized carbons (Fsp3) is 0.941. The first-order valence-corrected chi connectivity index (χ1v) is 8.95. The average molecular weight is 293 g/mol. The molecule has 1 heterocycles. The van der Waals surface area contributed by atoms with Crippen molar-refractivity contribution in [3.63, 3.8) is 0 Å². The Morgan fingerprint density at radius 3 is 2.29 bits per heavy atom. The van der Waals surface area contributed by atoms with Crippen LogP contribution >= 0.6 is 0 Å². The Morgan fingerprint density at radius 2 is 1.62 bits per heavy atom. The van der Waals surface area contributed by atoms with Gasteiger partial charge in [0.1, 0.15) is 0 Å². The van der Waals surface area contributed by atoms with E-state index in [0.29, 0.717) is 11.8 Å². The molecule has 3 atom stereocenters. The molecule has 0 aromatic rings. The molecule has 0 aromatic heterocycles. The van der Waals surface area contributed by atoms with E-state index in [0.717, 1.165) is 45.1 Å². The maximum atomic E-state index is 12.8. The van der Waals surface area contributed by atoms with Gasteiger partial charge >= 0.3 is 0 Å². The van der Waals surface area contributed by atoms with E-state index in [1.54, 1.807) is 0 Å². The van der Waals surface area contributed by atoms with E-state index in [4.69, 9.17) is 5.73 Å². The Kier molecular flexibility index (Phi) is 4.85. The van der Waals surface area contributed by atoms with Crippen LogP contribution in [0.1, 0.15) is 51.9 Å². The summed E-state index contributed by atoms with van der Waals surface area (Å²) in [6.45, 7) is 6.14. The van der Waals surface area contributed by atoms with E-state index < -0.39 is 0 Å². The lowest BCUT2D eigenvalue weighted by atomic mass is 9.77. The molecular weight excluding hydrogens is 262 g/mol. The lowest BCUT2D eigenvalue weighted by Gasteiger charge is -2.41. The van der Waals surface area contributed by atoms with Gasteiger partial charge in [-0.2, -0.15) is 0 Å². The molecular formula is C17H31N3O. The molecule has 3 unspecified atom stereocenters. The van der Waals surface area contributed by atoms with Crippen LogP contribution in [0.25, 0.3) is 0 Å².